The lowest BCUT2D eigenvalue weighted by molar-refractivity contribution is -0.148. The van der Waals surface area contributed by atoms with Crippen LogP contribution in [0.2, 0.25) is 0 Å². The molecule has 25 heavy (non-hydrogen) atoms. The lowest BCUT2D eigenvalue weighted by atomic mass is 10.0. The number of hydrogen-bond acceptors (Lipinski definition) is 5. The fourth-order valence-electron chi connectivity index (χ4n) is 2.25. The van der Waals surface area contributed by atoms with Crippen molar-refractivity contribution in [1.29, 1.82) is 5.26 Å². The maximum Gasteiger partial charge on any atom is 0.344 e. The highest BCUT2D eigenvalue weighted by Crippen LogP contribution is 2.16. The van der Waals surface area contributed by atoms with Crippen molar-refractivity contribution >= 4 is 11.8 Å². The number of esters is 1. The molecule has 0 radical (unpaired) electrons. The van der Waals surface area contributed by atoms with Crippen LogP contribution in [0.15, 0.2) is 48.5 Å². The maximum atomic E-state index is 12.3. The fourth-order valence-corrected chi connectivity index (χ4v) is 2.25. The van der Waals surface area contributed by atoms with Gasteiger partial charge in [0.15, 0.2) is 12.7 Å². The number of Topliss-reactive ketones (excluding diaryl/α,β-unsaturated/α-hetero) is 1. The van der Waals surface area contributed by atoms with Gasteiger partial charge in [0.1, 0.15) is 11.8 Å². The van der Waals surface area contributed by atoms with Crippen molar-refractivity contribution in [3.05, 3.63) is 65.2 Å². The van der Waals surface area contributed by atoms with Crippen molar-refractivity contribution < 1.29 is 19.1 Å². The molecule has 0 saturated carbocycles. The van der Waals surface area contributed by atoms with E-state index in [1.54, 1.807) is 36.4 Å². The number of nitrogens with zero attached hydrogens (tertiary/aromatic N) is 1. The third-order valence-corrected chi connectivity index (χ3v) is 3.68. The van der Waals surface area contributed by atoms with Crippen LogP contribution in [-0.2, 0) is 16.0 Å². The fraction of sp³-hybridized carbons (Fsp3) is 0.250. The summed E-state index contributed by atoms with van der Waals surface area (Å²) in [5.41, 5.74) is 1.95. The summed E-state index contributed by atoms with van der Waals surface area (Å²) in [4.78, 5) is 24.2. The van der Waals surface area contributed by atoms with Gasteiger partial charge in [-0.2, -0.15) is 5.26 Å². The molecule has 128 valence electrons. The van der Waals surface area contributed by atoms with Gasteiger partial charge in [0.2, 0.25) is 5.78 Å². The first-order valence-electron chi connectivity index (χ1n) is 7.99. The van der Waals surface area contributed by atoms with E-state index in [9.17, 15) is 9.59 Å². The van der Waals surface area contributed by atoms with E-state index in [1.165, 1.54) is 6.92 Å². The normalized spacial score (nSPS) is 11.2. The Kier molecular flexibility index (Phi) is 6.30. The minimum atomic E-state index is -0.908. The number of benzene rings is 2. The molecule has 1 atom stereocenters. The van der Waals surface area contributed by atoms with Crippen LogP contribution in [-0.4, -0.2) is 24.5 Å². The van der Waals surface area contributed by atoms with Gasteiger partial charge in [-0.25, -0.2) is 4.79 Å². The van der Waals surface area contributed by atoms with Crippen molar-refractivity contribution in [3.8, 4) is 11.8 Å². The summed E-state index contributed by atoms with van der Waals surface area (Å²) >= 11 is 0. The zero-order valence-electron chi connectivity index (χ0n) is 14.2. The second kappa shape index (κ2) is 8.65. The summed E-state index contributed by atoms with van der Waals surface area (Å²) in [6.07, 6.45) is -0.0182. The Morgan fingerprint density at radius 3 is 2.44 bits per heavy atom. The van der Waals surface area contributed by atoms with E-state index in [-0.39, 0.29) is 12.4 Å². The van der Waals surface area contributed by atoms with Gasteiger partial charge in [0.05, 0.1) is 5.56 Å². The van der Waals surface area contributed by atoms with Gasteiger partial charge in [0, 0.05) is 5.56 Å². The van der Waals surface area contributed by atoms with Crippen molar-refractivity contribution in [1.82, 2.24) is 0 Å². The molecule has 2 aromatic rings. The van der Waals surface area contributed by atoms with Gasteiger partial charge in [-0.3, -0.25) is 4.79 Å². The number of rotatable bonds is 7. The highest BCUT2D eigenvalue weighted by molar-refractivity contribution is 6.00. The Bertz CT molecular complexity index is 790. The van der Waals surface area contributed by atoms with Crippen molar-refractivity contribution in [2.24, 2.45) is 0 Å². The van der Waals surface area contributed by atoms with Gasteiger partial charge in [0.25, 0.3) is 0 Å². The Balaban J connectivity index is 1.90. The molecule has 0 amide bonds. The molecule has 2 rings (SSSR count). The van der Waals surface area contributed by atoms with Gasteiger partial charge in [-0.1, -0.05) is 43.3 Å². The van der Waals surface area contributed by atoms with E-state index < -0.39 is 12.1 Å². The highest BCUT2D eigenvalue weighted by Gasteiger charge is 2.20. The van der Waals surface area contributed by atoms with Crippen LogP contribution in [0.4, 0.5) is 0 Å². The molecule has 0 bridgehead atoms. The number of ether oxygens (including phenoxy) is 2. The zero-order valence-corrected chi connectivity index (χ0v) is 14.2. The van der Waals surface area contributed by atoms with E-state index in [1.807, 2.05) is 25.1 Å². The minimum absolute atomic E-state index is 0.270. The molecule has 5 heteroatoms. The molecular formula is C20H19NO4. The van der Waals surface area contributed by atoms with E-state index >= 15 is 0 Å². The zero-order chi connectivity index (χ0) is 18.2. The number of carbonyl (C=O) groups is 2. The average molecular weight is 337 g/mol. The number of ketones is 1. The Morgan fingerprint density at radius 2 is 1.80 bits per heavy atom. The quantitative estimate of drug-likeness (QED) is 0.572. The van der Waals surface area contributed by atoms with Crippen LogP contribution in [0.25, 0.3) is 0 Å². The number of aryl methyl sites for hydroxylation is 1. The van der Waals surface area contributed by atoms with Gasteiger partial charge < -0.3 is 9.47 Å². The first-order valence-corrected chi connectivity index (χ1v) is 7.99. The summed E-state index contributed by atoms with van der Waals surface area (Å²) in [5, 5.41) is 8.97. The van der Waals surface area contributed by atoms with Crippen molar-refractivity contribution in [3.63, 3.8) is 0 Å². The average Bonchev–Trinajstić information content (AvgIpc) is 2.66. The lowest BCUT2D eigenvalue weighted by Crippen LogP contribution is -2.27. The monoisotopic (exact) mass is 337 g/mol. The van der Waals surface area contributed by atoms with Crippen LogP contribution in [0.5, 0.6) is 5.75 Å². The first kappa shape index (κ1) is 18.2. The standard InChI is InChI=1S/C20H19NO4/c1-3-15-8-10-16(11-9-15)20(23)14(2)25-19(22)13-24-18-7-5-4-6-17(18)12-21/h4-11,14H,3,13H2,1-2H3/t14-/m1/s1. The van der Waals surface area contributed by atoms with Crippen LogP contribution in [0, 0.1) is 11.3 Å². The van der Waals surface area contributed by atoms with Crippen molar-refractivity contribution in [2.45, 2.75) is 26.4 Å². The molecule has 0 fully saturated rings. The molecule has 0 saturated heterocycles. The number of hydrogen-bond donors (Lipinski definition) is 0. The highest BCUT2D eigenvalue weighted by atomic mass is 16.6. The number of carbonyl (C=O) groups excluding carboxylic acids is 2. The second-order valence-electron chi connectivity index (χ2n) is 5.44. The largest absolute Gasteiger partial charge is 0.481 e. The van der Waals surface area contributed by atoms with Crippen LogP contribution >= 0.6 is 0 Å². The van der Waals surface area contributed by atoms with E-state index in [0.29, 0.717) is 16.9 Å². The smallest absolute Gasteiger partial charge is 0.344 e. The topological polar surface area (TPSA) is 76.4 Å². The van der Waals surface area contributed by atoms with Crippen LogP contribution in [0.3, 0.4) is 0 Å². The molecule has 0 aliphatic carbocycles. The molecule has 0 N–H and O–H groups in total. The summed E-state index contributed by atoms with van der Waals surface area (Å²) < 4.78 is 10.4. The van der Waals surface area contributed by atoms with E-state index in [4.69, 9.17) is 14.7 Å². The predicted octanol–water partition coefficient (Wildman–Crippen LogP) is 3.31. The first-order chi connectivity index (χ1) is 12.0. The molecule has 0 aliphatic rings. The summed E-state index contributed by atoms with van der Waals surface area (Å²) in [6, 6.07) is 15.8. The van der Waals surface area contributed by atoms with E-state index in [0.717, 1.165) is 12.0 Å². The van der Waals surface area contributed by atoms with Crippen molar-refractivity contribution in [2.75, 3.05) is 6.61 Å². The summed E-state index contributed by atoms with van der Waals surface area (Å²) in [5.74, 6) is -0.636. The molecule has 0 unspecified atom stereocenters. The second-order valence-corrected chi connectivity index (χ2v) is 5.44. The molecule has 0 spiro atoms. The van der Waals surface area contributed by atoms with E-state index in [2.05, 4.69) is 0 Å². The SMILES string of the molecule is CCc1ccc(C(=O)[C@@H](C)OC(=O)COc2ccccc2C#N)cc1. The molecule has 2 aromatic carbocycles. The minimum Gasteiger partial charge on any atom is -0.481 e. The lowest BCUT2D eigenvalue weighted by Gasteiger charge is -2.13. The number of para-hydroxylation sites is 1. The Hall–Kier alpha value is -3.13. The van der Waals surface area contributed by atoms with Gasteiger partial charge in [-0.05, 0) is 31.0 Å². The Labute approximate surface area is 146 Å². The van der Waals surface area contributed by atoms with Gasteiger partial charge in [-0.15, -0.1) is 0 Å². The number of nitriles is 1. The molecule has 0 aliphatic heterocycles. The molecule has 0 heterocycles. The predicted molar refractivity (Wildman–Crippen MR) is 92.4 cm³/mol. The summed E-state index contributed by atoms with van der Waals surface area (Å²) in [7, 11) is 0. The maximum absolute atomic E-state index is 12.3. The summed E-state index contributed by atoms with van der Waals surface area (Å²) in [6.45, 7) is 3.19. The third-order valence-electron chi connectivity index (χ3n) is 3.68. The van der Waals surface area contributed by atoms with Crippen LogP contribution in [0.1, 0.15) is 35.3 Å². The third kappa shape index (κ3) is 4.92. The Morgan fingerprint density at radius 1 is 1.12 bits per heavy atom. The molecule has 0 aromatic heterocycles. The van der Waals surface area contributed by atoms with Crippen LogP contribution < -0.4 is 4.74 Å². The molecular weight excluding hydrogens is 318 g/mol. The van der Waals surface area contributed by atoms with Gasteiger partial charge >= 0.3 is 5.97 Å². The molecule has 5 nitrogen and oxygen atoms in total.